The second-order valence-electron chi connectivity index (χ2n) is 9.16. The summed E-state index contributed by atoms with van der Waals surface area (Å²) in [5, 5.41) is 0. The fourth-order valence-electron chi connectivity index (χ4n) is 4.05. The van der Waals surface area contributed by atoms with Crippen LogP contribution >= 0.6 is 0 Å². The fourth-order valence-corrected chi connectivity index (χ4v) is 33.6. The summed E-state index contributed by atoms with van der Waals surface area (Å²) in [6.45, 7) is 12.4. The molecular weight excluding hydrogens is 393 g/mol. The molecule has 0 spiro atoms. The molecule has 0 rings (SSSR count). The Morgan fingerprint density at radius 3 is 1.68 bits per heavy atom. The summed E-state index contributed by atoms with van der Waals surface area (Å²) in [5.74, 6) is 0. The van der Waals surface area contributed by atoms with E-state index < -0.39 is 26.5 Å². The van der Waals surface area contributed by atoms with Gasteiger partial charge in [0.25, 0.3) is 0 Å². The van der Waals surface area contributed by atoms with Crippen LogP contribution in [-0.4, -0.2) is 102 Å². The zero-order chi connectivity index (χ0) is 17.6. The summed E-state index contributed by atoms with van der Waals surface area (Å²) < 4.78 is 1.09. The summed E-state index contributed by atoms with van der Waals surface area (Å²) in [6, 6.07) is 0. The van der Waals surface area contributed by atoms with Gasteiger partial charge in [0, 0.05) is 0 Å². The molecule has 134 valence electrons. The van der Waals surface area contributed by atoms with E-state index in [-0.39, 0.29) is 0 Å². The first-order chi connectivity index (χ1) is 9.90. The Labute approximate surface area is 146 Å². The first-order valence-electron chi connectivity index (χ1n) is 8.92. The van der Waals surface area contributed by atoms with Gasteiger partial charge in [0.1, 0.15) is 0 Å². The van der Waals surface area contributed by atoms with Crippen molar-refractivity contribution in [3.63, 3.8) is 0 Å². The Morgan fingerprint density at radius 1 is 0.818 bits per heavy atom. The van der Waals surface area contributed by atoms with Crippen molar-refractivity contribution in [1.82, 2.24) is 14.7 Å². The monoisotopic (exact) mass is 437 g/mol. The van der Waals surface area contributed by atoms with Crippen molar-refractivity contribution in [3.05, 3.63) is 0 Å². The molecule has 0 aromatic carbocycles. The van der Waals surface area contributed by atoms with E-state index >= 15 is 0 Å². The van der Waals surface area contributed by atoms with Crippen LogP contribution in [0.25, 0.3) is 0 Å². The van der Waals surface area contributed by atoms with Crippen LogP contribution in [0.2, 0.25) is 31.5 Å². The molecule has 0 aliphatic rings. The Kier molecular flexibility index (Phi) is 10.4. The molecule has 0 fully saturated rings. The summed E-state index contributed by atoms with van der Waals surface area (Å²) in [6.07, 6.45) is 2.77. The third-order valence-corrected chi connectivity index (χ3v) is 28.1. The number of hydrogen-bond donors (Lipinski definition) is 0. The molecule has 0 radical (unpaired) electrons. The predicted octanol–water partition coefficient (Wildman–Crippen LogP) is 3.32. The minimum atomic E-state index is -1.80. The van der Waals surface area contributed by atoms with Crippen molar-refractivity contribution >= 4 is 26.5 Å². The van der Waals surface area contributed by atoms with Gasteiger partial charge < -0.3 is 0 Å². The molecule has 0 aromatic heterocycles. The number of rotatable bonds is 11. The summed E-state index contributed by atoms with van der Waals surface area (Å²) in [4.78, 5) is 15.2. The normalized spacial score (nSPS) is 15.1. The molecule has 0 N–H and O–H groups in total. The van der Waals surface area contributed by atoms with Crippen LogP contribution in [0, 0.1) is 0 Å². The van der Waals surface area contributed by atoms with Crippen molar-refractivity contribution in [3.8, 4) is 0 Å². The molecule has 0 bridgehead atoms. The van der Waals surface area contributed by atoms with Crippen LogP contribution in [0.3, 0.4) is 0 Å². The number of nitrogens with zero attached hydrogens (tertiary/aromatic N) is 3. The van der Waals surface area contributed by atoms with E-state index in [1.807, 2.05) is 0 Å². The Balaban J connectivity index is 4.36. The summed E-state index contributed by atoms with van der Waals surface area (Å²) >= 11 is -1.80. The first kappa shape index (κ1) is 22.9. The van der Waals surface area contributed by atoms with Crippen LogP contribution in [0.15, 0.2) is 0 Å². The molecule has 1 atom stereocenters. The molecule has 5 heteroatoms. The van der Waals surface area contributed by atoms with Gasteiger partial charge in [-0.05, 0) is 0 Å². The van der Waals surface area contributed by atoms with Gasteiger partial charge >= 0.3 is 147 Å². The molecule has 22 heavy (non-hydrogen) atoms. The van der Waals surface area contributed by atoms with Crippen LogP contribution in [-0.2, 0) is 0 Å². The fraction of sp³-hybridized carbons (Fsp3) is 1.00. The van der Waals surface area contributed by atoms with Crippen LogP contribution in [0.1, 0.15) is 13.3 Å². The van der Waals surface area contributed by atoms with E-state index in [9.17, 15) is 0 Å². The zero-order valence-electron chi connectivity index (χ0n) is 17.2. The summed E-state index contributed by atoms with van der Waals surface area (Å²) in [7, 11) is 7.74. The van der Waals surface area contributed by atoms with Crippen molar-refractivity contribution in [2.75, 3.05) is 60.5 Å². The maximum absolute atomic E-state index is 2.63. The van der Waals surface area contributed by atoms with Gasteiger partial charge in [-0.1, -0.05) is 0 Å². The molecule has 0 aliphatic carbocycles. The van der Waals surface area contributed by atoms with E-state index in [1.165, 1.54) is 25.7 Å². The van der Waals surface area contributed by atoms with E-state index in [1.54, 1.807) is 0 Å². The van der Waals surface area contributed by atoms with Gasteiger partial charge in [0.15, 0.2) is 0 Å². The zero-order valence-corrected chi connectivity index (χ0v) is 21.0. The van der Waals surface area contributed by atoms with E-state index in [0.717, 1.165) is 16.6 Å². The van der Waals surface area contributed by atoms with Gasteiger partial charge in [-0.2, -0.15) is 0 Å². The topological polar surface area (TPSA) is 9.72 Å². The SMILES string of the molecule is CC[CH]([Si](C)(C)CN(C)CCN(C)CCN(C)C)[Sn]([CH3])([CH3])[CH3]. The number of likely N-dealkylation sites (N-methyl/N-ethyl adjacent to an activating group) is 3. The molecule has 3 nitrogen and oxygen atoms in total. The van der Waals surface area contributed by atoms with Crippen LogP contribution in [0.5, 0.6) is 0 Å². The molecule has 0 aliphatic heterocycles. The van der Waals surface area contributed by atoms with E-state index in [2.05, 4.69) is 77.7 Å². The quantitative estimate of drug-likeness (QED) is 0.461. The average Bonchev–Trinajstić information content (AvgIpc) is 2.31. The molecule has 0 saturated carbocycles. The third kappa shape index (κ3) is 9.25. The van der Waals surface area contributed by atoms with Gasteiger partial charge in [-0.3, -0.25) is 0 Å². The van der Waals surface area contributed by atoms with Crippen molar-refractivity contribution < 1.29 is 0 Å². The Morgan fingerprint density at radius 2 is 1.27 bits per heavy atom. The maximum atomic E-state index is 2.63. The molecule has 0 heterocycles. The average molecular weight is 436 g/mol. The van der Waals surface area contributed by atoms with Crippen molar-refractivity contribution in [2.24, 2.45) is 0 Å². The van der Waals surface area contributed by atoms with Gasteiger partial charge in [-0.15, -0.1) is 0 Å². The second-order valence-corrected chi connectivity index (χ2v) is 31.3. The summed E-state index contributed by atoms with van der Waals surface area (Å²) in [5.41, 5.74) is 0. The van der Waals surface area contributed by atoms with Crippen molar-refractivity contribution in [1.29, 1.82) is 0 Å². The van der Waals surface area contributed by atoms with Crippen LogP contribution < -0.4 is 0 Å². The predicted molar refractivity (Wildman–Crippen MR) is 108 cm³/mol. The number of hydrogen-bond acceptors (Lipinski definition) is 3. The molecular formula is C17H43N3SiSn. The molecule has 0 amide bonds. The molecule has 0 saturated heterocycles. The van der Waals surface area contributed by atoms with E-state index in [0.29, 0.717) is 0 Å². The van der Waals surface area contributed by atoms with Crippen LogP contribution in [0.4, 0.5) is 0 Å². The second kappa shape index (κ2) is 10.0. The molecule has 1 unspecified atom stereocenters. The minimum absolute atomic E-state index is 1.09. The Hall–Kier alpha value is 0.896. The van der Waals surface area contributed by atoms with Gasteiger partial charge in [-0.25, -0.2) is 0 Å². The van der Waals surface area contributed by atoms with Crippen molar-refractivity contribution in [2.45, 2.75) is 44.8 Å². The first-order valence-corrected chi connectivity index (χ1v) is 22.4. The third-order valence-electron chi connectivity index (χ3n) is 4.87. The molecule has 0 aromatic rings. The standard InChI is InChI=1S/C14H34N3Si.3CH3.Sn/c1-8-13-18(6,7)14-17(5)12-11-16(4)10-9-15(2)3;;;;/h13H,8-12,14H2,1-7H3;3*1H3;. The van der Waals surface area contributed by atoms with Gasteiger partial charge in [0.05, 0.1) is 0 Å². The Bertz CT molecular complexity index is 303. The van der Waals surface area contributed by atoms with Gasteiger partial charge in [0.2, 0.25) is 0 Å². The van der Waals surface area contributed by atoms with E-state index in [4.69, 9.17) is 0 Å².